The van der Waals surface area contributed by atoms with Gasteiger partial charge in [-0.15, -0.1) is 11.8 Å². The monoisotopic (exact) mass is 237 g/mol. The summed E-state index contributed by atoms with van der Waals surface area (Å²) in [6.45, 7) is 1.86. The Hall–Kier alpha value is -0.510. The molecule has 1 aromatic rings. The van der Waals surface area contributed by atoms with Crippen molar-refractivity contribution >= 4 is 11.8 Å². The van der Waals surface area contributed by atoms with E-state index >= 15 is 0 Å². The maximum Gasteiger partial charge on any atom is 0.0712 e. The predicted octanol–water partition coefficient (Wildman–Crippen LogP) is 2.07. The third-order valence-electron chi connectivity index (χ3n) is 3.20. The molecule has 2 rings (SSSR count). The Morgan fingerprint density at radius 3 is 2.81 bits per heavy atom. The van der Waals surface area contributed by atoms with Crippen molar-refractivity contribution in [2.45, 2.75) is 29.8 Å². The molecule has 1 aromatic carbocycles. The van der Waals surface area contributed by atoms with Gasteiger partial charge in [-0.25, -0.2) is 0 Å². The van der Waals surface area contributed by atoms with Crippen LogP contribution in [0.3, 0.4) is 0 Å². The van der Waals surface area contributed by atoms with Crippen molar-refractivity contribution < 1.29 is 5.11 Å². The van der Waals surface area contributed by atoms with Crippen LogP contribution in [0.1, 0.15) is 18.4 Å². The molecule has 88 valence electrons. The lowest BCUT2D eigenvalue weighted by Gasteiger charge is -2.32. The molecule has 2 N–H and O–H groups in total. The predicted molar refractivity (Wildman–Crippen MR) is 69.0 cm³/mol. The number of rotatable bonds is 3. The number of nitrogens with one attached hydrogen (secondary N) is 1. The molecule has 1 aliphatic heterocycles. The molecule has 1 saturated heterocycles. The van der Waals surface area contributed by atoms with Crippen LogP contribution in [-0.2, 0) is 6.42 Å². The Morgan fingerprint density at radius 1 is 1.38 bits per heavy atom. The van der Waals surface area contributed by atoms with Crippen molar-refractivity contribution in [1.82, 2.24) is 5.32 Å². The molecule has 0 aromatic heterocycles. The van der Waals surface area contributed by atoms with Gasteiger partial charge in [0.15, 0.2) is 0 Å². The maximum absolute atomic E-state index is 10.4. The fourth-order valence-corrected chi connectivity index (χ4v) is 2.72. The van der Waals surface area contributed by atoms with E-state index in [2.05, 4.69) is 35.8 Å². The first-order valence-electron chi connectivity index (χ1n) is 5.78. The van der Waals surface area contributed by atoms with Crippen molar-refractivity contribution in [3.63, 3.8) is 0 Å². The summed E-state index contributed by atoms with van der Waals surface area (Å²) in [6, 6.07) is 8.48. The highest BCUT2D eigenvalue weighted by Gasteiger charge is 2.29. The summed E-state index contributed by atoms with van der Waals surface area (Å²) < 4.78 is 0. The second-order valence-electron chi connectivity index (χ2n) is 4.50. The van der Waals surface area contributed by atoms with Crippen LogP contribution in [0.25, 0.3) is 0 Å². The average Bonchev–Trinajstić information content (AvgIpc) is 2.29. The molecular weight excluding hydrogens is 218 g/mol. The molecule has 1 fully saturated rings. The number of aliphatic hydroxyl groups is 1. The summed E-state index contributed by atoms with van der Waals surface area (Å²) in [6.07, 6.45) is 4.58. The zero-order valence-corrected chi connectivity index (χ0v) is 10.5. The zero-order valence-electron chi connectivity index (χ0n) is 9.70. The van der Waals surface area contributed by atoms with E-state index in [-0.39, 0.29) is 0 Å². The number of thioether (sulfide) groups is 1. The second-order valence-corrected chi connectivity index (χ2v) is 5.38. The first kappa shape index (κ1) is 12.0. The van der Waals surface area contributed by atoms with Gasteiger partial charge in [-0.2, -0.15) is 0 Å². The molecule has 0 amide bonds. The molecule has 0 radical (unpaired) electrons. The normalized spacial score (nSPS) is 19.6. The van der Waals surface area contributed by atoms with E-state index in [1.807, 2.05) is 0 Å². The van der Waals surface area contributed by atoms with Crippen molar-refractivity contribution in [3.05, 3.63) is 29.8 Å². The summed E-state index contributed by atoms with van der Waals surface area (Å²) in [5.41, 5.74) is 0.749. The lowest BCUT2D eigenvalue weighted by atomic mass is 9.86. The Balaban J connectivity index is 2.07. The van der Waals surface area contributed by atoms with E-state index in [4.69, 9.17) is 0 Å². The van der Waals surface area contributed by atoms with Gasteiger partial charge in [-0.1, -0.05) is 12.1 Å². The lowest BCUT2D eigenvalue weighted by Crippen LogP contribution is -2.43. The van der Waals surface area contributed by atoms with Gasteiger partial charge < -0.3 is 10.4 Å². The van der Waals surface area contributed by atoms with Crippen LogP contribution < -0.4 is 5.32 Å². The third kappa shape index (κ3) is 3.00. The molecule has 0 bridgehead atoms. The number of hydrogen-bond acceptors (Lipinski definition) is 3. The maximum atomic E-state index is 10.4. The largest absolute Gasteiger partial charge is 0.389 e. The highest BCUT2D eigenvalue weighted by atomic mass is 32.2. The van der Waals surface area contributed by atoms with E-state index in [0.29, 0.717) is 0 Å². The van der Waals surface area contributed by atoms with Gasteiger partial charge in [0.1, 0.15) is 0 Å². The standard InChI is InChI=1S/C13H19NOS/c1-16-12-4-2-3-11(9-12)10-13(15)5-7-14-8-6-13/h2-4,9,14-15H,5-8,10H2,1H3. The first-order valence-corrected chi connectivity index (χ1v) is 7.00. The first-order chi connectivity index (χ1) is 7.72. The van der Waals surface area contributed by atoms with Crippen molar-refractivity contribution in [3.8, 4) is 0 Å². The van der Waals surface area contributed by atoms with E-state index in [9.17, 15) is 5.11 Å². The fraction of sp³-hybridized carbons (Fsp3) is 0.538. The summed E-state index contributed by atoms with van der Waals surface area (Å²) in [7, 11) is 0. The summed E-state index contributed by atoms with van der Waals surface area (Å²) in [5.74, 6) is 0. The average molecular weight is 237 g/mol. The van der Waals surface area contributed by atoms with Gasteiger partial charge in [0.2, 0.25) is 0 Å². The number of hydrogen-bond donors (Lipinski definition) is 2. The van der Waals surface area contributed by atoms with E-state index in [1.54, 1.807) is 11.8 Å². The van der Waals surface area contributed by atoms with E-state index in [0.717, 1.165) is 32.4 Å². The van der Waals surface area contributed by atoms with E-state index in [1.165, 1.54) is 10.5 Å². The van der Waals surface area contributed by atoms with Crippen LogP contribution in [0, 0.1) is 0 Å². The van der Waals surface area contributed by atoms with Crippen LogP contribution >= 0.6 is 11.8 Å². The van der Waals surface area contributed by atoms with Crippen molar-refractivity contribution in [2.75, 3.05) is 19.3 Å². The molecule has 1 aliphatic rings. The Morgan fingerprint density at radius 2 is 2.12 bits per heavy atom. The molecule has 0 saturated carbocycles. The summed E-state index contributed by atoms with van der Waals surface area (Å²) in [5, 5.41) is 13.7. The van der Waals surface area contributed by atoms with Crippen LogP contribution in [0.15, 0.2) is 29.2 Å². The smallest absolute Gasteiger partial charge is 0.0712 e. The molecule has 16 heavy (non-hydrogen) atoms. The zero-order chi connectivity index (χ0) is 11.4. The highest BCUT2D eigenvalue weighted by Crippen LogP contribution is 2.25. The molecule has 0 unspecified atom stereocenters. The summed E-state index contributed by atoms with van der Waals surface area (Å²) in [4.78, 5) is 1.27. The highest BCUT2D eigenvalue weighted by molar-refractivity contribution is 7.98. The molecule has 2 nitrogen and oxygen atoms in total. The molecule has 0 atom stereocenters. The second kappa shape index (κ2) is 5.21. The molecule has 0 aliphatic carbocycles. The van der Waals surface area contributed by atoms with Gasteiger partial charge >= 0.3 is 0 Å². The fourth-order valence-electron chi connectivity index (χ4n) is 2.23. The Bertz CT molecular complexity index is 348. The number of benzene rings is 1. The Labute approximate surface area is 101 Å². The van der Waals surface area contributed by atoms with Gasteiger partial charge in [-0.3, -0.25) is 0 Å². The van der Waals surface area contributed by atoms with Gasteiger partial charge in [0.05, 0.1) is 5.60 Å². The van der Waals surface area contributed by atoms with Crippen LogP contribution in [-0.4, -0.2) is 30.1 Å². The minimum atomic E-state index is -0.498. The summed E-state index contributed by atoms with van der Waals surface area (Å²) >= 11 is 1.75. The van der Waals surface area contributed by atoms with E-state index < -0.39 is 5.60 Å². The SMILES string of the molecule is CSc1cccc(CC2(O)CCNCC2)c1. The molecular formula is C13H19NOS. The third-order valence-corrected chi connectivity index (χ3v) is 3.93. The topological polar surface area (TPSA) is 32.3 Å². The number of piperidine rings is 1. The van der Waals surface area contributed by atoms with Crippen LogP contribution in [0.5, 0.6) is 0 Å². The van der Waals surface area contributed by atoms with Crippen LogP contribution in [0.2, 0.25) is 0 Å². The van der Waals surface area contributed by atoms with Gasteiger partial charge in [0.25, 0.3) is 0 Å². The molecule has 3 heteroatoms. The molecule has 1 heterocycles. The lowest BCUT2D eigenvalue weighted by molar-refractivity contribution is 0.0108. The van der Waals surface area contributed by atoms with Gasteiger partial charge in [-0.05, 0) is 49.9 Å². The minimum Gasteiger partial charge on any atom is -0.389 e. The minimum absolute atomic E-state index is 0.498. The van der Waals surface area contributed by atoms with Crippen molar-refractivity contribution in [2.24, 2.45) is 0 Å². The quantitative estimate of drug-likeness (QED) is 0.789. The van der Waals surface area contributed by atoms with Crippen molar-refractivity contribution in [1.29, 1.82) is 0 Å². The van der Waals surface area contributed by atoms with Crippen LogP contribution in [0.4, 0.5) is 0 Å². The van der Waals surface area contributed by atoms with Gasteiger partial charge in [0, 0.05) is 11.3 Å². The molecule has 0 spiro atoms. The Kier molecular flexibility index (Phi) is 3.90.